The fourth-order valence-electron chi connectivity index (χ4n) is 2.01. The molecule has 0 aliphatic heterocycles. The largest absolute Gasteiger partial charge is 0.481 e. The number of aromatic nitrogens is 2. The molecule has 0 amide bonds. The average Bonchev–Trinajstić information content (AvgIpc) is 2.93. The van der Waals surface area contributed by atoms with E-state index in [0.29, 0.717) is 24.3 Å². The van der Waals surface area contributed by atoms with Crippen molar-refractivity contribution in [1.82, 2.24) is 14.9 Å². The average molecular weight is 292 g/mol. The third kappa shape index (κ3) is 3.46. The van der Waals surface area contributed by atoms with Gasteiger partial charge in [0.1, 0.15) is 12.1 Å². The van der Waals surface area contributed by atoms with Gasteiger partial charge in [0.25, 0.3) is 0 Å². The summed E-state index contributed by atoms with van der Waals surface area (Å²) in [7, 11) is 3.67. The second-order valence-electron chi connectivity index (χ2n) is 4.79. The Labute approximate surface area is 123 Å². The van der Waals surface area contributed by atoms with Crippen LogP contribution in [0.15, 0.2) is 23.8 Å². The topological polar surface area (TPSA) is 64.3 Å². The molecule has 20 heavy (non-hydrogen) atoms. The highest BCUT2D eigenvalue weighted by molar-refractivity contribution is 7.09. The maximum absolute atomic E-state index is 5.93. The summed E-state index contributed by atoms with van der Waals surface area (Å²) in [5, 5.41) is 2.11. The van der Waals surface area contributed by atoms with E-state index in [1.54, 1.807) is 18.4 Å². The van der Waals surface area contributed by atoms with E-state index in [1.165, 1.54) is 11.2 Å². The molecule has 0 saturated carbocycles. The molecule has 0 fully saturated rings. The Hall–Kier alpha value is -1.66. The predicted molar refractivity (Wildman–Crippen MR) is 81.9 cm³/mol. The molecule has 6 heteroatoms. The number of nitrogens with zero attached hydrogens (tertiary/aromatic N) is 3. The lowest BCUT2D eigenvalue weighted by molar-refractivity contribution is 0.244. The molecule has 0 aliphatic rings. The van der Waals surface area contributed by atoms with Crippen LogP contribution in [0.4, 0.5) is 5.82 Å². The molecule has 0 bridgehead atoms. The number of thiophene rings is 1. The smallest absolute Gasteiger partial charge is 0.222 e. The van der Waals surface area contributed by atoms with E-state index in [4.69, 9.17) is 10.5 Å². The van der Waals surface area contributed by atoms with E-state index in [1.807, 2.05) is 0 Å². The van der Waals surface area contributed by atoms with Crippen molar-refractivity contribution in [3.8, 4) is 5.88 Å². The zero-order valence-electron chi connectivity index (χ0n) is 12.0. The normalized spacial score (nSPS) is 12.6. The first-order chi connectivity index (χ1) is 9.61. The molecular weight excluding hydrogens is 272 g/mol. The van der Waals surface area contributed by atoms with E-state index in [9.17, 15) is 0 Å². The highest BCUT2D eigenvalue weighted by Gasteiger charge is 2.16. The monoisotopic (exact) mass is 292 g/mol. The van der Waals surface area contributed by atoms with E-state index >= 15 is 0 Å². The van der Waals surface area contributed by atoms with Gasteiger partial charge < -0.3 is 10.5 Å². The highest BCUT2D eigenvalue weighted by Crippen LogP contribution is 2.22. The molecule has 2 rings (SSSR count). The van der Waals surface area contributed by atoms with E-state index in [0.717, 1.165) is 12.0 Å². The van der Waals surface area contributed by atoms with Crippen LogP contribution in [0.5, 0.6) is 5.88 Å². The van der Waals surface area contributed by atoms with Gasteiger partial charge in [-0.2, -0.15) is 0 Å². The second-order valence-corrected chi connectivity index (χ2v) is 5.83. The van der Waals surface area contributed by atoms with Gasteiger partial charge in [0.2, 0.25) is 5.88 Å². The van der Waals surface area contributed by atoms with Gasteiger partial charge in [-0.25, -0.2) is 9.97 Å². The Morgan fingerprint density at radius 1 is 1.45 bits per heavy atom. The van der Waals surface area contributed by atoms with Gasteiger partial charge in [-0.3, -0.25) is 4.90 Å². The summed E-state index contributed by atoms with van der Waals surface area (Å²) in [6, 6.07) is 4.65. The van der Waals surface area contributed by atoms with Gasteiger partial charge in [0.05, 0.1) is 12.7 Å². The van der Waals surface area contributed by atoms with Crippen LogP contribution in [0.3, 0.4) is 0 Å². The highest BCUT2D eigenvalue weighted by atomic mass is 32.1. The molecule has 2 N–H and O–H groups in total. The fraction of sp³-hybridized carbons (Fsp3) is 0.429. The molecule has 108 valence electrons. The summed E-state index contributed by atoms with van der Waals surface area (Å²) in [5.74, 6) is 1.03. The standard InChI is InChI=1S/C14H20N4OS/c1-10(7-11-5-4-6-20-11)18(2)8-12-13(15)16-9-17-14(12)19-3/h4-6,9-10H,7-8H2,1-3H3,(H2,15,16,17). The minimum Gasteiger partial charge on any atom is -0.481 e. The SMILES string of the molecule is COc1ncnc(N)c1CN(C)C(C)Cc1cccs1. The van der Waals surface area contributed by atoms with E-state index < -0.39 is 0 Å². The third-order valence-corrected chi connectivity index (χ3v) is 4.27. The van der Waals surface area contributed by atoms with Crippen LogP contribution < -0.4 is 10.5 Å². The van der Waals surface area contributed by atoms with Gasteiger partial charge >= 0.3 is 0 Å². The number of likely N-dealkylation sites (N-methyl/N-ethyl adjacent to an activating group) is 1. The van der Waals surface area contributed by atoms with Crippen LogP contribution in [-0.4, -0.2) is 35.1 Å². The zero-order chi connectivity index (χ0) is 14.5. The van der Waals surface area contributed by atoms with Crippen LogP contribution in [0, 0.1) is 0 Å². The first-order valence-electron chi connectivity index (χ1n) is 6.47. The molecule has 0 saturated heterocycles. The van der Waals surface area contributed by atoms with Crippen LogP contribution in [0.2, 0.25) is 0 Å². The molecule has 1 unspecified atom stereocenters. The Morgan fingerprint density at radius 2 is 2.25 bits per heavy atom. The number of hydrogen-bond donors (Lipinski definition) is 1. The number of methoxy groups -OCH3 is 1. The number of ether oxygens (including phenoxy) is 1. The quantitative estimate of drug-likeness (QED) is 0.884. The number of rotatable bonds is 6. The molecule has 2 aromatic heterocycles. The minimum absolute atomic E-state index is 0.401. The molecule has 0 aromatic carbocycles. The fourth-order valence-corrected chi connectivity index (χ4v) is 2.84. The van der Waals surface area contributed by atoms with Crippen molar-refractivity contribution in [1.29, 1.82) is 0 Å². The van der Waals surface area contributed by atoms with Crippen molar-refractivity contribution < 1.29 is 4.74 Å². The summed E-state index contributed by atoms with van der Waals surface area (Å²) in [5.41, 5.74) is 6.77. The summed E-state index contributed by atoms with van der Waals surface area (Å²) in [6.45, 7) is 2.87. The van der Waals surface area contributed by atoms with Crippen LogP contribution in [0.25, 0.3) is 0 Å². The molecular formula is C14H20N4OS. The lowest BCUT2D eigenvalue weighted by Gasteiger charge is -2.25. The Balaban J connectivity index is 2.05. The van der Waals surface area contributed by atoms with Crippen LogP contribution in [-0.2, 0) is 13.0 Å². The zero-order valence-corrected chi connectivity index (χ0v) is 12.9. The number of anilines is 1. The van der Waals surface area contributed by atoms with Gasteiger partial charge in [0, 0.05) is 17.5 Å². The number of hydrogen-bond acceptors (Lipinski definition) is 6. The summed E-state index contributed by atoms with van der Waals surface area (Å²) < 4.78 is 5.26. The van der Waals surface area contributed by atoms with Gasteiger partial charge in [-0.1, -0.05) is 6.07 Å². The second kappa shape index (κ2) is 6.67. The number of nitrogen functional groups attached to an aromatic ring is 1. The lowest BCUT2D eigenvalue weighted by Crippen LogP contribution is -2.30. The predicted octanol–water partition coefficient (Wildman–Crippen LogP) is 2.19. The van der Waals surface area contributed by atoms with E-state index in [2.05, 4.69) is 46.4 Å². The maximum Gasteiger partial charge on any atom is 0.222 e. The van der Waals surface area contributed by atoms with Crippen molar-refractivity contribution in [2.24, 2.45) is 0 Å². The Kier molecular flexibility index (Phi) is 4.92. The van der Waals surface area contributed by atoms with Crippen LogP contribution >= 0.6 is 11.3 Å². The third-order valence-electron chi connectivity index (χ3n) is 3.37. The lowest BCUT2D eigenvalue weighted by atomic mass is 10.1. The molecule has 2 aromatic rings. The number of nitrogens with two attached hydrogens (primary N) is 1. The maximum atomic E-state index is 5.93. The molecule has 2 heterocycles. The summed E-state index contributed by atoms with van der Waals surface area (Å²) >= 11 is 1.79. The van der Waals surface area contributed by atoms with Crippen molar-refractivity contribution in [3.05, 3.63) is 34.3 Å². The summed E-state index contributed by atoms with van der Waals surface area (Å²) in [4.78, 5) is 11.8. The summed E-state index contributed by atoms with van der Waals surface area (Å²) in [6.07, 6.45) is 2.44. The van der Waals surface area contributed by atoms with Crippen molar-refractivity contribution in [2.75, 3.05) is 19.9 Å². The van der Waals surface area contributed by atoms with E-state index in [-0.39, 0.29) is 0 Å². The first-order valence-corrected chi connectivity index (χ1v) is 7.35. The van der Waals surface area contributed by atoms with Crippen molar-refractivity contribution in [3.63, 3.8) is 0 Å². The van der Waals surface area contributed by atoms with Crippen molar-refractivity contribution >= 4 is 17.2 Å². The first kappa shape index (κ1) is 14.7. The van der Waals surface area contributed by atoms with Crippen molar-refractivity contribution in [2.45, 2.75) is 25.9 Å². The Morgan fingerprint density at radius 3 is 2.90 bits per heavy atom. The molecule has 0 spiro atoms. The van der Waals surface area contributed by atoms with Gasteiger partial charge in [-0.05, 0) is 31.8 Å². The minimum atomic E-state index is 0.401. The molecule has 0 radical (unpaired) electrons. The molecule has 0 aliphatic carbocycles. The molecule has 5 nitrogen and oxygen atoms in total. The van der Waals surface area contributed by atoms with Gasteiger partial charge in [-0.15, -0.1) is 11.3 Å². The van der Waals surface area contributed by atoms with Gasteiger partial charge in [0.15, 0.2) is 0 Å². The Bertz CT molecular complexity index is 544. The van der Waals surface area contributed by atoms with Crippen LogP contribution in [0.1, 0.15) is 17.4 Å². The molecule has 1 atom stereocenters.